The van der Waals surface area contributed by atoms with Crippen molar-refractivity contribution in [2.45, 2.75) is 44.6 Å². The molecular weight excluding hydrogens is 348 g/mol. The van der Waals surface area contributed by atoms with Gasteiger partial charge in [-0.3, -0.25) is 0 Å². The predicted molar refractivity (Wildman–Crippen MR) is 102 cm³/mol. The summed E-state index contributed by atoms with van der Waals surface area (Å²) in [5, 5.41) is 10.3. The third kappa shape index (κ3) is 6.29. The lowest BCUT2D eigenvalue weighted by Crippen LogP contribution is -2.28. The molecule has 1 atom stereocenters. The van der Waals surface area contributed by atoms with E-state index in [9.17, 15) is 13.9 Å². The third-order valence-corrected chi connectivity index (χ3v) is 4.99. The van der Waals surface area contributed by atoms with Crippen molar-refractivity contribution in [2.24, 2.45) is 0 Å². The van der Waals surface area contributed by atoms with Crippen molar-refractivity contribution < 1.29 is 18.6 Å². The zero-order valence-corrected chi connectivity index (χ0v) is 15.5. The van der Waals surface area contributed by atoms with Crippen LogP contribution in [-0.4, -0.2) is 35.7 Å². The maximum absolute atomic E-state index is 13.6. The highest BCUT2D eigenvalue weighted by atomic mass is 19.1. The Kier molecular flexibility index (Phi) is 7.18. The van der Waals surface area contributed by atoms with E-state index in [1.54, 1.807) is 12.1 Å². The zero-order chi connectivity index (χ0) is 19.1. The molecule has 0 bridgehead atoms. The van der Waals surface area contributed by atoms with Gasteiger partial charge in [-0.1, -0.05) is 25.0 Å². The minimum absolute atomic E-state index is 0.0124. The molecule has 3 rings (SSSR count). The summed E-state index contributed by atoms with van der Waals surface area (Å²) in [4.78, 5) is 2.45. The smallest absolute Gasteiger partial charge is 0.168 e. The molecule has 1 aliphatic rings. The van der Waals surface area contributed by atoms with Gasteiger partial charge in [0.15, 0.2) is 11.6 Å². The average molecular weight is 375 g/mol. The Bertz CT molecular complexity index is 713. The van der Waals surface area contributed by atoms with Gasteiger partial charge < -0.3 is 14.7 Å². The van der Waals surface area contributed by atoms with Gasteiger partial charge in [0.2, 0.25) is 0 Å². The summed E-state index contributed by atoms with van der Waals surface area (Å²) < 4.78 is 32.0. The van der Waals surface area contributed by atoms with Gasteiger partial charge in [0.1, 0.15) is 11.6 Å². The predicted octanol–water partition coefficient (Wildman–Crippen LogP) is 4.93. The molecule has 1 fully saturated rings. The molecular formula is C22H27F2NO2. The van der Waals surface area contributed by atoms with Gasteiger partial charge >= 0.3 is 0 Å². The number of hydrogen-bond acceptors (Lipinski definition) is 3. The summed E-state index contributed by atoms with van der Waals surface area (Å²) in [6.07, 6.45) is 6.11. The van der Waals surface area contributed by atoms with Crippen LogP contribution in [-0.2, 0) is 6.42 Å². The standard InChI is InChI=1S/C22H27F2NO2/c23-18-7-10-22(21(24)16-18)27-20-8-5-17(6-9-20)15-19(26)11-14-25-12-3-1-2-4-13-25/h5-10,16,19,26H,1-4,11-15H2. The molecule has 0 aliphatic carbocycles. The maximum Gasteiger partial charge on any atom is 0.168 e. The molecule has 1 heterocycles. The average Bonchev–Trinajstić information content (AvgIpc) is 2.93. The molecule has 1 unspecified atom stereocenters. The first kappa shape index (κ1) is 19.8. The number of halogens is 2. The largest absolute Gasteiger partial charge is 0.454 e. The van der Waals surface area contributed by atoms with Gasteiger partial charge in [0.05, 0.1) is 6.10 Å². The van der Waals surface area contributed by atoms with Crippen molar-refractivity contribution in [3.8, 4) is 11.5 Å². The van der Waals surface area contributed by atoms with Gasteiger partial charge in [0, 0.05) is 12.6 Å². The topological polar surface area (TPSA) is 32.7 Å². The molecule has 1 N–H and O–H groups in total. The molecule has 146 valence electrons. The van der Waals surface area contributed by atoms with E-state index < -0.39 is 11.6 Å². The first-order chi connectivity index (χ1) is 13.1. The molecule has 0 radical (unpaired) electrons. The fourth-order valence-corrected chi connectivity index (χ4v) is 3.44. The van der Waals surface area contributed by atoms with Gasteiger partial charge in [-0.15, -0.1) is 0 Å². The maximum atomic E-state index is 13.6. The minimum atomic E-state index is -0.733. The van der Waals surface area contributed by atoms with E-state index in [4.69, 9.17) is 4.74 Å². The Hall–Kier alpha value is -1.98. The lowest BCUT2D eigenvalue weighted by Gasteiger charge is -2.21. The lowest BCUT2D eigenvalue weighted by molar-refractivity contribution is 0.141. The Morgan fingerprint density at radius 2 is 1.67 bits per heavy atom. The molecule has 2 aromatic rings. The summed E-state index contributed by atoms with van der Waals surface area (Å²) in [6.45, 7) is 3.21. The normalized spacial score (nSPS) is 16.7. The van der Waals surface area contributed by atoms with Crippen molar-refractivity contribution >= 4 is 0 Å². The van der Waals surface area contributed by atoms with Crippen LogP contribution in [0.15, 0.2) is 42.5 Å². The minimum Gasteiger partial charge on any atom is -0.454 e. The number of ether oxygens (including phenoxy) is 1. The quantitative estimate of drug-likeness (QED) is 0.745. The van der Waals surface area contributed by atoms with Crippen molar-refractivity contribution in [3.05, 3.63) is 59.7 Å². The van der Waals surface area contributed by atoms with E-state index in [-0.39, 0.29) is 11.9 Å². The molecule has 0 saturated carbocycles. The molecule has 3 nitrogen and oxygen atoms in total. The van der Waals surface area contributed by atoms with Crippen LogP contribution in [0.4, 0.5) is 8.78 Å². The van der Waals surface area contributed by atoms with Crippen LogP contribution in [0.1, 0.15) is 37.7 Å². The van der Waals surface area contributed by atoms with Crippen molar-refractivity contribution in [1.29, 1.82) is 0 Å². The molecule has 0 spiro atoms. The highest BCUT2D eigenvalue weighted by Gasteiger charge is 2.12. The second-order valence-electron chi connectivity index (χ2n) is 7.22. The van der Waals surface area contributed by atoms with E-state index in [0.717, 1.165) is 43.8 Å². The molecule has 1 aliphatic heterocycles. The summed E-state index contributed by atoms with van der Waals surface area (Å²) in [7, 11) is 0. The van der Waals surface area contributed by atoms with E-state index in [1.165, 1.54) is 31.7 Å². The van der Waals surface area contributed by atoms with Crippen LogP contribution < -0.4 is 4.74 Å². The molecule has 1 saturated heterocycles. The van der Waals surface area contributed by atoms with Gasteiger partial charge in [-0.2, -0.15) is 0 Å². The van der Waals surface area contributed by atoms with E-state index in [0.29, 0.717) is 12.2 Å². The zero-order valence-electron chi connectivity index (χ0n) is 15.5. The highest BCUT2D eigenvalue weighted by Crippen LogP contribution is 2.25. The van der Waals surface area contributed by atoms with Crippen molar-refractivity contribution in [2.75, 3.05) is 19.6 Å². The number of benzene rings is 2. The fourth-order valence-electron chi connectivity index (χ4n) is 3.44. The first-order valence-electron chi connectivity index (χ1n) is 9.72. The summed E-state index contributed by atoms with van der Waals surface area (Å²) in [6, 6.07) is 10.4. The van der Waals surface area contributed by atoms with Crippen LogP contribution in [0.3, 0.4) is 0 Å². The SMILES string of the molecule is OC(CCN1CCCCCC1)Cc1ccc(Oc2ccc(F)cc2F)cc1. The van der Waals surface area contributed by atoms with Crippen molar-refractivity contribution in [3.63, 3.8) is 0 Å². The summed E-state index contributed by atoms with van der Waals surface area (Å²) in [5.41, 5.74) is 1.00. The third-order valence-electron chi connectivity index (χ3n) is 4.99. The Balaban J connectivity index is 1.48. The van der Waals surface area contributed by atoms with Crippen LogP contribution in [0.2, 0.25) is 0 Å². The monoisotopic (exact) mass is 375 g/mol. The molecule has 5 heteroatoms. The molecule has 0 aromatic heterocycles. The van der Waals surface area contributed by atoms with Crippen molar-refractivity contribution in [1.82, 2.24) is 4.90 Å². The fraction of sp³-hybridized carbons (Fsp3) is 0.455. The van der Waals surface area contributed by atoms with Crippen LogP contribution in [0.25, 0.3) is 0 Å². The van der Waals surface area contributed by atoms with E-state index >= 15 is 0 Å². The number of aliphatic hydroxyl groups is 1. The Morgan fingerprint density at radius 1 is 0.963 bits per heavy atom. The lowest BCUT2D eigenvalue weighted by atomic mass is 10.1. The number of hydrogen-bond donors (Lipinski definition) is 1. The van der Waals surface area contributed by atoms with Crippen LogP contribution in [0, 0.1) is 11.6 Å². The van der Waals surface area contributed by atoms with Crippen LogP contribution >= 0.6 is 0 Å². The summed E-state index contributed by atoms with van der Waals surface area (Å²) >= 11 is 0. The number of rotatable bonds is 7. The Labute approximate surface area is 159 Å². The summed E-state index contributed by atoms with van der Waals surface area (Å²) in [5.74, 6) is -0.905. The molecule has 27 heavy (non-hydrogen) atoms. The number of nitrogens with zero attached hydrogens (tertiary/aromatic N) is 1. The second-order valence-corrected chi connectivity index (χ2v) is 7.22. The van der Waals surface area contributed by atoms with Gasteiger partial charge in [-0.05, 0) is 68.6 Å². The van der Waals surface area contributed by atoms with E-state index in [2.05, 4.69) is 4.90 Å². The van der Waals surface area contributed by atoms with E-state index in [1.807, 2.05) is 12.1 Å². The van der Waals surface area contributed by atoms with Gasteiger partial charge in [-0.25, -0.2) is 8.78 Å². The first-order valence-corrected chi connectivity index (χ1v) is 9.72. The second kappa shape index (κ2) is 9.81. The molecule has 2 aromatic carbocycles. The number of aliphatic hydroxyl groups excluding tert-OH is 1. The Morgan fingerprint density at radius 3 is 2.33 bits per heavy atom. The molecule has 0 amide bonds. The highest BCUT2D eigenvalue weighted by molar-refractivity contribution is 5.34. The van der Waals surface area contributed by atoms with Gasteiger partial charge in [0.25, 0.3) is 0 Å². The number of likely N-dealkylation sites (tertiary alicyclic amines) is 1. The van der Waals surface area contributed by atoms with Crippen LogP contribution in [0.5, 0.6) is 11.5 Å².